The molecule has 29 heavy (non-hydrogen) atoms. The van der Waals surface area contributed by atoms with Crippen molar-refractivity contribution in [2.24, 2.45) is 0 Å². The van der Waals surface area contributed by atoms with E-state index in [1.165, 1.54) is 11.1 Å². The van der Waals surface area contributed by atoms with E-state index in [4.69, 9.17) is 4.74 Å². The molecule has 142 valence electrons. The zero-order valence-electron chi connectivity index (χ0n) is 15.9. The Morgan fingerprint density at radius 3 is 2.41 bits per heavy atom. The molecule has 3 aromatic carbocycles. The van der Waals surface area contributed by atoms with Crippen LogP contribution in [0.2, 0.25) is 0 Å². The summed E-state index contributed by atoms with van der Waals surface area (Å²) in [6, 6.07) is 26.7. The third-order valence-corrected chi connectivity index (χ3v) is 5.07. The molecule has 4 aromatic rings. The summed E-state index contributed by atoms with van der Waals surface area (Å²) in [5.41, 5.74) is 5.48. The Kier molecular flexibility index (Phi) is 4.29. The normalized spacial score (nSPS) is 15.2. The van der Waals surface area contributed by atoms with Crippen LogP contribution in [0.1, 0.15) is 17.2 Å². The maximum absolute atomic E-state index is 5.38. The number of allylic oxidation sites excluding steroid dienone is 1. The van der Waals surface area contributed by atoms with E-state index in [0.717, 1.165) is 22.6 Å². The summed E-state index contributed by atoms with van der Waals surface area (Å²) in [4.78, 5) is 0. The van der Waals surface area contributed by atoms with Gasteiger partial charge in [-0.2, -0.15) is 4.68 Å². The Morgan fingerprint density at radius 1 is 0.862 bits per heavy atom. The first-order valence-corrected chi connectivity index (χ1v) is 9.38. The summed E-state index contributed by atoms with van der Waals surface area (Å²) >= 11 is 0. The van der Waals surface area contributed by atoms with Gasteiger partial charge in [0.05, 0.1) is 7.11 Å². The third kappa shape index (κ3) is 3.25. The first-order valence-electron chi connectivity index (χ1n) is 9.38. The van der Waals surface area contributed by atoms with Crippen molar-refractivity contribution in [3.05, 3.63) is 96.1 Å². The van der Waals surface area contributed by atoms with Crippen LogP contribution < -0.4 is 10.1 Å². The largest absolute Gasteiger partial charge is 0.497 e. The fourth-order valence-corrected chi connectivity index (χ4v) is 3.56. The smallest absolute Gasteiger partial charge is 0.248 e. The van der Waals surface area contributed by atoms with Crippen LogP contribution in [-0.2, 0) is 0 Å². The van der Waals surface area contributed by atoms with Crippen LogP contribution in [-0.4, -0.2) is 27.3 Å². The summed E-state index contributed by atoms with van der Waals surface area (Å²) in [6.45, 7) is 0. The Morgan fingerprint density at radius 2 is 1.62 bits per heavy atom. The lowest BCUT2D eigenvalue weighted by atomic mass is 9.99. The van der Waals surface area contributed by atoms with Gasteiger partial charge in [0.25, 0.3) is 0 Å². The van der Waals surface area contributed by atoms with E-state index in [-0.39, 0.29) is 6.04 Å². The number of aromatic nitrogens is 4. The molecule has 0 unspecified atom stereocenters. The fourth-order valence-electron chi connectivity index (χ4n) is 3.56. The molecule has 5 rings (SSSR count). The van der Waals surface area contributed by atoms with Gasteiger partial charge in [0.15, 0.2) is 0 Å². The number of hydrogen-bond donors (Lipinski definition) is 1. The highest BCUT2D eigenvalue weighted by atomic mass is 16.5. The van der Waals surface area contributed by atoms with Crippen LogP contribution in [0, 0.1) is 0 Å². The van der Waals surface area contributed by atoms with Gasteiger partial charge in [-0.15, -0.1) is 0 Å². The average Bonchev–Trinajstić information content (AvgIpc) is 3.28. The number of nitrogens with one attached hydrogen (secondary N) is 1. The van der Waals surface area contributed by atoms with Gasteiger partial charge in [-0.1, -0.05) is 71.8 Å². The lowest BCUT2D eigenvalue weighted by molar-refractivity contribution is 0.413. The van der Waals surface area contributed by atoms with Crippen LogP contribution in [0.4, 0.5) is 5.95 Å². The lowest BCUT2D eigenvalue weighted by Gasteiger charge is -2.23. The standard InChI is InChI=1S/C23H19N5O/c1-29-20-9-5-8-19(14-20)22-15-21(24-23-25-26-27-28(22)23)18-12-10-17(11-13-18)16-6-3-2-4-7-16/h2-15,22H,1H3,(H,24,25,27)/t22-/m1/s1. The number of ether oxygens (including phenoxy) is 1. The molecule has 1 aliphatic heterocycles. The molecule has 1 atom stereocenters. The molecular formula is C23H19N5O. The van der Waals surface area contributed by atoms with Gasteiger partial charge in [0.1, 0.15) is 11.8 Å². The van der Waals surface area contributed by atoms with Crippen molar-refractivity contribution >= 4 is 11.6 Å². The monoisotopic (exact) mass is 381 g/mol. The minimum atomic E-state index is -0.125. The van der Waals surface area contributed by atoms with Crippen molar-refractivity contribution < 1.29 is 4.74 Å². The van der Waals surface area contributed by atoms with Crippen molar-refractivity contribution in [2.75, 3.05) is 12.4 Å². The molecule has 2 heterocycles. The van der Waals surface area contributed by atoms with Gasteiger partial charge in [0, 0.05) is 5.70 Å². The third-order valence-electron chi connectivity index (χ3n) is 5.07. The molecule has 0 aliphatic carbocycles. The quantitative estimate of drug-likeness (QED) is 0.567. The number of hydrogen-bond acceptors (Lipinski definition) is 5. The number of nitrogens with zero attached hydrogens (tertiary/aromatic N) is 4. The number of rotatable bonds is 4. The van der Waals surface area contributed by atoms with Crippen molar-refractivity contribution in [3.63, 3.8) is 0 Å². The number of anilines is 1. The second-order valence-electron chi connectivity index (χ2n) is 6.82. The molecule has 0 radical (unpaired) electrons. The van der Waals surface area contributed by atoms with Crippen molar-refractivity contribution in [2.45, 2.75) is 6.04 Å². The topological polar surface area (TPSA) is 64.9 Å². The van der Waals surface area contributed by atoms with Gasteiger partial charge in [-0.3, -0.25) is 0 Å². The Balaban J connectivity index is 1.52. The van der Waals surface area contributed by atoms with Crippen LogP contribution in [0.3, 0.4) is 0 Å². The fraction of sp³-hybridized carbons (Fsp3) is 0.0870. The van der Waals surface area contributed by atoms with Crippen LogP contribution in [0.25, 0.3) is 16.8 Å². The molecule has 6 heteroatoms. The highest BCUT2D eigenvalue weighted by Crippen LogP contribution is 2.33. The van der Waals surface area contributed by atoms with E-state index in [9.17, 15) is 0 Å². The minimum Gasteiger partial charge on any atom is -0.497 e. The zero-order chi connectivity index (χ0) is 19.6. The van der Waals surface area contributed by atoms with E-state index in [1.54, 1.807) is 11.8 Å². The zero-order valence-corrected chi connectivity index (χ0v) is 15.9. The minimum absolute atomic E-state index is 0.125. The van der Waals surface area contributed by atoms with Gasteiger partial charge < -0.3 is 10.1 Å². The summed E-state index contributed by atoms with van der Waals surface area (Å²) in [5.74, 6) is 1.42. The number of tetrazole rings is 1. The Bertz CT molecular complexity index is 1170. The van der Waals surface area contributed by atoms with Gasteiger partial charge in [-0.25, -0.2) is 0 Å². The maximum Gasteiger partial charge on any atom is 0.248 e. The molecule has 0 saturated heterocycles. The number of methoxy groups -OCH3 is 1. The number of fused-ring (bicyclic) bond motifs is 1. The van der Waals surface area contributed by atoms with Crippen LogP contribution in [0.5, 0.6) is 5.75 Å². The SMILES string of the molecule is COc1cccc([C@H]2C=C(c3ccc(-c4ccccc4)cc3)Nc3nnnn32)c1. The van der Waals surface area contributed by atoms with Crippen molar-refractivity contribution in [1.29, 1.82) is 0 Å². The molecule has 1 aromatic heterocycles. The van der Waals surface area contributed by atoms with Gasteiger partial charge >= 0.3 is 0 Å². The summed E-state index contributed by atoms with van der Waals surface area (Å²) < 4.78 is 7.16. The molecule has 0 saturated carbocycles. The molecular weight excluding hydrogens is 362 g/mol. The van der Waals surface area contributed by atoms with E-state index >= 15 is 0 Å². The van der Waals surface area contributed by atoms with Crippen molar-refractivity contribution in [1.82, 2.24) is 20.2 Å². The summed E-state index contributed by atoms with van der Waals surface area (Å²) in [7, 11) is 1.67. The molecule has 1 N–H and O–H groups in total. The molecule has 0 amide bonds. The molecule has 0 spiro atoms. The second kappa shape index (κ2) is 7.24. The van der Waals surface area contributed by atoms with Crippen LogP contribution >= 0.6 is 0 Å². The second-order valence-corrected chi connectivity index (χ2v) is 6.82. The van der Waals surface area contributed by atoms with E-state index in [2.05, 4.69) is 69.4 Å². The number of benzene rings is 3. The Labute approximate surface area is 168 Å². The molecule has 1 aliphatic rings. The van der Waals surface area contributed by atoms with E-state index < -0.39 is 0 Å². The predicted octanol–water partition coefficient (Wildman–Crippen LogP) is 4.40. The lowest BCUT2D eigenvalue weighted by Crippen LogP contribution is -2.20. The van der Waals surface area contributed by atoms with Gasteiger partial charge in [0.2, 0.25) is 5.95 Å². The van der Waals surface area contributed by atoms with E-state index in [1.807, 2.05) is 36.4 Å². The average molecular weight is 381 g/mol. The summed E-state index contributed by atoms with van der Waals surface area (Å²) in [5, 5.41) is 15.5. The Hall–Kier alpha value is -3.93. The van der Waals surface area contributed by atoms with Crippen molar-refractivity contribution in [3.8, 4) is 16.9 Å². The molecule has 0 fully saturated rings. The molecule has 6 nitrogen and oxygen atoms in total. The highest BCUT2D eigenvalue weighted by Gasteiger charge is 2.24. The van der Waals surface area contributed by atoms with Crippen LogP contribution in [0.15, 0.2) is 84.9 Å². The van der Waals surface area contributed by atoms with E-state index in [0.29, 0.717) is 5.95 Å². The predicted molar refractivity (Wildman–Crippen MR) is 112 cm³/mol. The first kappa shape index (κ1) is 17.2. The maximum atomic E-state index is 5.38. The van der Waals surface area contributed by atoms with Gasteiger partial charge in [-0.05, 0) is 50.9 Å². The first-order chi connectivity index (χ1) is 14.3. The highest BCUT2D eigenvalue weighted by molar-refractivity contribution is 5.78. The molecule has 0 bridgehead atoms. The summed E-state index contributed by atoms with van der Waals surface area (Å²) in [6.07, 6.45) is 2.13.